The van der Waals surface area contributed by atoms with Crippen molar-refractivity contribution in [2.24, 2.45) is 0 Å². The zero-order valence-corrected chi connectivity index (χ0v) is 12.3. The van der Waals surface area contributed by atoms with Crippen LogP contribution in [0.5, 0.6) is 0 Å². The molecule has 0 radical (unpaired) electrons. The highest BCUT2D eigenvalue weighted by Gasteiger charge is 2.29. The molecule has 0 aromatic carbocycles. The number of thioether (sulfide) groups is 1. The van der Waals surface area contributed by atoms with Crippen LogP contribution in [0.1, 0.15) is 25.7 Å². The third kappa shape index (κ3) is 4.62. The summed E-state index contributed by atoms with van der Waals surface area (Å²) >= 11 is 1.71. The number of hydrogen-bond donors (Lipinski definition) is 4. The Morgan fingerprint density at radius 1 is 0.762 bits per heavy atom. The van der Waals surface area contributed by atoms with Crippen molar-refractivity contribution in [1.82, 2.24) is 21.3 Å². The van der Waals surface area contributed by atoms with Crippen LogP contribution in [-0.4, -0.2) is 47.5 Å². The number of hydrogen-bond acceptors (Lipinski definition) is 5. The Morgan fingerprint density at radius 2 is 1.33 bits per heavy atom. The third-order valence-corrected chi connectivity index (χ3v) is 4.40. The van der Waals surface area contributed by atoms with Gasteiger partial charge in [0.15, 0.2) is 0 Å². The first-order chi connectivity index (χ1) is 10.1. The third-order valence-electron chi connectivity index (χ3n) is 3.30. The number of nitrogens with one attached hydrogen (secondary N) is 4. The van der Waals surface area contributed by atoms with Gasteiger partial charge in [0.1, 0.15) is 12.1 Å². The summed E-state index contributed by atoms with van der Waals surface area (Å²) in [6.45, 7) is 0. The summed E-state index contributed by atoms with van der Waals surface area (Å²) in [5.41, 5.74) is 0. The normalized spacial score (nSPS) is 24.6. The van der Waals surface area contributed by atoms with Crippen LogP contribution in [0.4, 0.5) is 9.59 Å². The molecule has 0 aliphatic carbocycles. The van der Waals surface area contributed by atoms with E-state index in [2.05, 4.69) is 21.3 Å². The van der Waals surface area contributed by atoms with Crippen molar-refractivity contribution in [2.45, 2.75) is 37.8 Å². The van der Waals surface area contributed by atoms with Crippen molar-refractivity contribution in [3.63, 3.8) is 0 Å². The summed E-state index contributed by atoms with van der Waals surface area (Å²) in [7, 11) is 0. The average Bonchev–Trinajstić information content (AvgIpc) is 2.90. The second-order valence-electron chi connectivity index (χ2n) is 4.93. The predicted octanol–water partition coefficient (Wildman–Crippen LogP) is -0.304. The molecule has 2 aliphatic rings. The van der Waals surface area contributed by atoms with Gasteiger partial charge in [0.05, 0.1) is 0 Å². The van der Waals surface area contributed by atoms with Crippen LogP contribution < -0.4 is 21.3 Å². The Bertz CT molecular complexity index is 417. The number of rotatable bonds is 8. The molecule has 2 saturated heterocycles. The smallest absolute Gasteiger partial charge is 0.322 e. The highest BCUT2D eigenvalue weighted by Crippen LogP contribution is 2.12. The van der Waals surface area contributed by atoms with E-state index in [1.807, 2.05) is 0 Å². The number of urea groups is 2. The second-order valence-corrected chi connectivity index (χ2v) is 6.15. The number of carbonyl (C=O) groups excluding carboxylic acids is 4. The predicted molar refractivity (Wildman–Crippen MR) is 76.7 cm³/mol. The van der Waals surface area contributed by atoms with Crippen molar-refractivity contribution < 1.29 is 19.2 Å². The lowest BCUT2D eigenvalue weighted by Crippen LogP contribution is -2.29. The molecule has 0 aromatic heterocycles. The fourth-order valence-corrected chi connectivity index (χ4v) is 3.19. The van der Waals surface area contributed by atoms with Gasteiger partial charge in [-0.1, -0.05) is 6.42 Å². The monoisotopic (exact) mass is 314 g/mol. The molecular weight excluding hydrogens is 296 g/mol. The molecule has 0 aromatic rings. The first-order valence-corrected chi connectivity index (χ1v) is 8.02. The van der Waals surface area contributed by atoms with E-state index in [0.29, 0.717) is 12.8 Å². The van der Waals surface area contributed by atoms with E-state index in [4.69, 9.17) is 0 Å². The maximum absolute atomic E-state index is 11.3. The van der Waals surface area contributed by atoms with Crippen molar-refractivity contribution in [3.8, 4) is 0 Å². The van der Waals surface area contributed by atoms with Gasteiger partial charge in [-0.3, -0.25) is 20.2 Å². The van der Waals surface area contributed by atoms with Crippen LogP contribution in [0.3, 0.4) is 0 Å². The van der Waals surface area contributed by atoms with Crippen LogP contribution in [0.25, 0.3) is 0 Å². The van der Waals surface area contributed by atoms with Crippen molar-refractivity contribution in [3.05, 3.63) is 0 Å². The maximum Gasteiger partial charge on any atom is 0.322 e. The van der Waals surface area contributed by atoms with E-state index in [0.717, 1.165) is 24.3 Å². The summed E-state index contributed by atoms with van der Waals surface area (Å²) in [6.07, 6.45) is 3.04. The number of carbonyl (C=O) groups is 4. The van der Waals surface area contributed by atoms with Crippen LogP contribution in [0, 0.1) is 0 Å². The quantitative estimate of drug-likeness (QED) is 0.362. The zero-order chi connectivity index (χ0) is 15.2. The molecule has 2 fully saturated rings. The van der Waals surface area contributed by atoms with Gasteiger partial charge in [0.25, 0.3) is 11.8 Å². The van der Waals surface area contributed by atoms with E-state index < -0.39 is 24.1 Å². The Kier molecular flexibility index (Phi) is 5.43. The van der Waals surface area contributed by atoms with E-state index in [1.165, 1.54) is 0 Å². The summed E-state index contributed by atoms with van der Waals surface area (Å²) < 4.78 is 0. The minimum atomic E-state index is -0.424. The van der Waals surface area contributed by atoms with Gasteiger partial charge >= 0.3 is 12.1 Å². The van der Waals surface area contributed by atoms with Gasteiger partial charge in [-0.15, -0.1) is 0 Å². The molecule has 116 valence electrons. The Balaban J connectivity index is 1.47. The van der Waals surface area contributed by atoms with Gasteiger partial charge in [0.2, 0.25) is 0 Å². The minimum absolute atomic E-state index is 0.254. The lowest BCUT2D eigenvalue weighted by molar-refractivity contribution is -0.121. The fourth-order valence-electron chi connectivity index (χ4n) is 2.18. The molecular formula is C12H18N4O4S. The van der Waals surface area contributed by atoms with E-state index in [-0.39, 0.29) is 11.8 Å². The molecule has 0 spiro atoms. The Labute approximate surface area is 126 Å². The standard InChI is InChI=1S/C12H18N4O4S/c17-9-7(13-11(19)15-9)3-1-2-5-21-6-4-8-10(18)16-12(20)14-8/h7-8H,1-6H2,(H2,13,15,17,19)(H2,14,16,18,20). The molecule has 2 rings (SSSR count). The minimum Gasteiger partial charge on any atom is -0.326 e. The first-order valence-electron chi connectivity index (χ1n) is 6.87. The summed E-state index contributed by atoms with van der Waals surface area (Å²) in [5.74, 6) is 1.20. The topological polar surface area (TPSA) is 116 Å². The Hall–Kier alpha value is -1.77. The molecule has 2 aliphatic heterocycles. The highest BCUT2D eigenvalue weighted by atomic mass is 32.2. The average molecular weight is 314 g/mol. The summed E-state index contributed by atoms with van der Waals surface area (Å²) in [6, 6.07) is -1.66. The lowest BCUT2D eigenvalue weighted by Gasteiger charge is -2.08. The molecule has 9 heteroatoms. The molecule has 4 N–H and O–H groups in total. The van der Waals surface area contributed by atoms with Gasteiger partial charge in [-0.05, 0) is 30.8 Å². The van der Waals surface area contributed by atoms with Gasteiger partial charge in [0, 0.05) is 0 Å². The van der Waals surface area contributed by atoms with Crippen molar-refractivity contribution in [1.29, 1.82) is 0 Å². The summed E-state index contributed by atoms with van der Waals surface area (Å²) in [5, 5.41) is 9.51. The number of imide groups is 2. The fraction of sp³-hybridized carbons (Fsp3) is 0.667. The lowest BCUT2D eigenvalue weighted by atomic mass is 10.1. The largest absolute Gasteiger partial charge is 0.326 e. The SMILES string of the molecule is O=C1NC(=O)C(CCCCSCCC2NC(=O)NC2=O)N1. The first kappa shape index (κ1) is 15.6. The maximum atomic E-state index is 11.3. The number of unbranched alkanes of at least 4 members (excludes halogenated alkanes) is 1. The van der Waals surface area contributed by atoms with Crippen LogP contribution in [0.2, 0.25) is 0 Å². The van der Waals surface area contributed by atoms with Gasteiger partial charge in [-0.2, -0.15) is 11.8 Å². The van der Waals surface area contributed by atoms with E-state index in [9.17, 15) is 19.2 Å². The van der Waals surface area contributed by atoms with Crippen molar-refractivity contribution in [2.75, 3.05) is 11.5 Å². The Morgan fingerprint density at radius 3 is 1.86 bits per heavy atom. The molecule has 0 bridgehead atoms. The summed E-state index contributed by atoms with van der Waals surface area (Å²) in [4.78, 5) is 44.4. The molecule has 2 heterocycles. The van der Waals surface area contributed by atoms with Crippen molar-refractivity contribution >= 4 is 35.6 Å². The highest BCUT2D eigenvalue weighted by molar-refractivity contribution is 7.99. The van der Waals surface area contributed by atoms with Crippen LogP contribution in [0.15, 0.2) is 0 Å². The van der Waals surface area contributed by atoms with Crippen LogP contribution >= 0.6 is 11.8 Å². The second kappa shape index (κ2) is 7.30. The van der Waals surface area contributed by atoms with Gasteiger partial charge < -0.3 is 10.6 Å². The molecule has 2 atom stereocenters. The number of amides is 6. The molecule has 21 heavy (non-hydrogen) atoms. The molecule has 2 unspecified atom stereocenters. The molecule has 6 amide bonds. The molecule has 8 nitrogen and oxygen atoms in total. The van der Waals surface area contributed by atoms with Crippen LogP contribution in [-0.2, 0) is 9.59 Å². The van der Waals surface area contributed by atoms with E-state index in [1.54, 1.807) is 11.8 Å². The zero-order valence-electron chi connectivity index (χ0n) is 11.4. The van der Waals surface area contributed by atoms with Gasteiger partial charge in [-0.25, -0.2) is 9.59 Å². The molecule has 0 saturated carbocycles. The van der Waals surface area contributed by atoms with E-state index >= 15 is 0 Å².